The standard InChI is InChI=1S/C23H24ClN3O3S/c1-15-20(21(27-30-15)16-7-2-3-8-17(16)24)22(29)25-13-19(28)26-14-23(10-4-5-11-23)18-9-6-12-31-18/h2-3,6-9,12H,4-5,10-11,13-14H2,1H3,(H,25,29)(H,26,28). The number of carbonyl (C=O) groups is 2. The minimum absolute atomic E-state index is 0.0100. The van der Waals surface area contributed by atoms with Crippen molar-refractivity contribution in [3.05, 3.63) is 63.0 Å². The molecule has 0 radical (unpaired) electrons. The lowest BCUT2D eigenvalue weighted by molar-refractivity contribution is -0.120. The van der Waals surface area contributed by atoms with Crippen molar-refractivity contribution < 1.29 is 14.1 Å². The van der Waals surface area contributed by atoms with Crippen LogP contribution in [0.5, 0.6) is 0 Å². The van der Waals surface area contributed by atoms with Gasteiger partial charge in [-0.2, -0.15) is 0 Å². The van der Waals surface area contributed by atoms with Crippen LogP contribution in [0, 0.1) is 6.92 Å². The molecule has 6 nitrogen and oxygen atoms in total. The number of benzene rings is 1. The molecule has 1 aliphatic rings. The molecule has 0 unspecified atom stereocenters. The summed E-state index contributed by atoms with van der Waals surface area (Å²) >= 11 is 7.99. The van der Waals surface area contributed by atoms with Gasteiger partial charge in [0, 0.05) is 22.4 Å². The van der Waals surface area contributed by atoms with Crippen molar-refractivity contribution in [1.82, 2.24) is 15.8 Å². The molecule has 0 spiro atoms. The number of rotatable bonds is 7. The van der Waals surface area contributed by atoms with E-state index in [0.717, 1.165) is 12.8 Å². The van der Waals surface area contributed by atoms with Crippen molar-refractivity contribution in [2.45, 2.75) is 38.0 Å². The number of nitrogens with zero attached hydrogens (tertiary/aromatic N) is 1. The maximum atomic E-state index is 12.8. The predicted octanol–water partition coefficient (Wildman–Crippen LogP) is 4.72. The summed E-state index contributed by atoms with van der Waals surface area (Å²) in [5.74, 6) is -0.266. The summed E-state index contributed by atoms with van der Waals surface area (Å²) in [4.78, 5) is 26.6. The van der Waals surface area contributed by atoms with Crippen LogP contribution in [-0.4, -0.2) is 30.1 Å². The van der Waals surface area contributed by atoms with Crippen LogP contribution in [0.3, 0.4) is 0 Å². The number of nitrogens with one attached hydrogen (secondary N) is 2. The molecule has 1 saturated carbocycles. The third kappa shape index (κ3) is 4.52. The summed E-state index contributed by atoms with van der Waals surface area (Å²) in [6.45, 7) is 2.12. The fourth-order valence-electron chi connectivity index (χ4n) is 4.20. The Balaban J connectivity index is 1.39. The number of hydrogen-bond acceptors (Lipinski definition) is 5. The van der Waals surface area contributed by atoms with Crippen molar-refractivity contribution in [3.8, 4) is 11.3 Å². The highest BCUT2D eigenvalue weighted by molar-refractivity contribution is 7.10. The highest BCUT2D eigenvalue weighted by atomic mass is 35.5. The van der Waals surface area contributed by atoms with E-state index in [4.69, 9.17) is 16.1 Å². The Hall–Kier alpha value is -2.64. The first kappa shape index (κ1) is 21.6. The second-order valence-electron chi connectivity index (χ2n) is 7.87. The number of aromatic nitrogens is 1. The summed E-state index contributed by atoms with van der Waals surface area (Å²) in [7, 11) is 0. The number of aryl methyl sites for hydroxylation is 1. The van der Waals surface area contributed by atoms with Gasteiger partial charge in [-0.1, -0.05) is 53.9 Å². The maximum absolute atomic E-state index is 12.8. The van der Waals surface area contributed by atoms with Gasteiger partial charge in [0.15, 0.2) is 0 Å². The van der Waals surface area contributed by atoms with Crippen LogP contribution in [-0.2, 0) is 10.2 Å². The Kier molecular flexibility index (Phi) is 6.43. The van der Waals surface area contributed by atoms with Gasteiger partial charge in [-0.15, -0.1) is 11.3 Å². The van der Waals surface area contributed by atoms with E-state index in [0.29, 0.717) is 28.6 Å². The van der Waals surface area contributed by atoms with Crippen LogP contribution in [0.15, 0.2) is 46.3 Å². The molecule has 162 valence electrons. The van der Waals surface area contributed by atoms with Gasteiger partial charge in [-0.25, -0.2) is 0 Å². The number of halogens is 1. The minimum atomic E-state index is -0.419. The zero-order valence-electron chi connectivity index (χ0n) is 17.2. The first-order chi connectivity index (χ1) is 15.0. The average Bonchev–Trinajstić information content (AvgIpc) is 3.52. The van der Waals surface area contributed by atoms with E-state index < -0.39 is 5.91 Å². The first-order valence-electron chi connectivity index (χ1n) is 10.3. The number of amides is 2. The van der Waals surface area contributed by atoms with Crippen molar-refractivity contribution in [2.24, 2.45) is 0 Å². The minimum Gasteiger partial charge on any atom is -0.360 e. The predicted molar refractivity (Wildman–Crippen MR) is 121 cm³/mol. The number of hydrogen-bond donors (Lipinski definition) is 2. The van der Waals surface area contributed by atoms with E-state index in [2.05, 4.69) is 33.3 Å². The molecule has 3 aromatic rings. The van der Waals surface area contributed by atoms with Crippen LogP contribution in [0.4, 0.5) is 0 Å². The lowest BCUT2D eigenvalue weighted by atomic mass is 9.84. The van der Waals surface area contributed by atoms with Crippen molar-refractivity contribution >= 4 is 34.8 Å². The third-order valence-electron chi connectivity index (χ3n) is 5.86. The van der Waals surface area contributed by atoms with Gasteiger partial charge in [-0.3, -0.25) is 9.59 Å². The second-order valence-corrected chi connectivity index (χ2v) is 9.22. The molecule has 0 atom stereocenters. The van der Waals surface area contributed by atoms with E-state index in [1.54, 1.807) is 36.5 Å². The third-order valence-corrected chi connectivity index (χ3v) is 7.30. The van der Waals surface area contributed by atoms with E-state index >= 15 is 0 Å². The summed E-state index contributed by atoms with van der Waals surface area (Å²) in [5, 5.41) is 12.3. The van der Waals surface area contributed by atoms with Gasteiger partial charge in [0.05, 0.1) is 11.6 Å². The molecular formula is C23H24ClN3O3S. The van der Waals surface area contributed by atoms with E-state index in [-0.39, 0.29) is 23.4 Å². The van der Waals surface area contributed by atoms with Crippen LogP contribution in [0.25, 0.3) is 11.3 Å². The quantitative estimate of drug-likeness (QED) is 0.537. The highest BCUT2D eigenvalue weighted by Crippen LogP contribution is 2.42. The molecule has 1 aliphatic carbocycles. The van der Waals surface area contributed by atoms with Gasteiger partial charge in [-0.05, 0) is 37.3 Å². The molecular weight excluding hydrogens is 434 g/mol. The Morgan fingerprint density at radius 1 is 1.16 bits per heavy atom. The molecule has 31 heavy (non-hydrogen) atoms. The van der Waals surface area contributed by atoms with Crippen molar-refractivity contribution in [1.29, 1.82) is 0 Å². The fraction of sp³-hybridized carbons (Fsp3) is 0.348. The molecule has 4 rings (SSSR count). The van der Waals surface area contributed by atoms with Crippen molar-refractivity contribution in [3.63, 3.8) is 0 Å². The zero-order valence-corrected chi connectivity index (χ0v) is 18.8. The molecule has 0 aliphatic heterocycles. The normalized spacial score (nSPS) is 15.0. The second kappa shape index (κ2) is 9.24. The van der Waals surface area contributed by atoms with Crippen LogP contribution < -0.4 is 10.6 Å². The highest BCUT2D eigenvalue weighted by Gasteiger charge is 2.36. The van der Waals surface area contributed by atoms with E-state index in [1.807, 2.05) is 6.07 Å². The van der Waals surface area contributed by atoms with Crippen LogP contribution >= 0.6 is 22.9 Å². The van der Waals surface area contributed by atoms with E-state index in [9.17, 15) is 9.59 Å². The first-order valence-corrected chi connectivity index (χ1v) is 11.6. The monoisotopic (exact) mass is 457 g/mol. The summed E-state index contributed by atoms with van der Waals surface area (Å²) in [6.07, 6.45) is 4.48. The Morgan fingerprint density at radius 2 is 1.94 bits per heavy atom. The lowest BCUT2D eigenvalue weighted by Crippen LogP contribution is -2.43. The van der Waals surface area contributed by atoms with Gasteiger partial charge in [0.2, 0.25) is 5.91 Å². The van der Waals surface area contributed by atoms with Gasteiger partial charge < -0.3 is 15.2 Å². The number of carbonyl (C=O) groups excluding carboxylic acids is 2. The summed E-state index contributed by atoms with van der Waals surface area (Å²) < 4.78 is 5.23. The summed E-state index contributed by atoms with van der Waals surface area (Å²) in [5.41, 5.74) is 1.26. The molecule has 8 heteroatoms. The topological polar surface area (TPSA) is 84.2 Å². The molecule has 2 heterocycles. The largest absolute Gasteiger partial charge is 0.360 e. The smallest absolute Gasteiger partial charge is 0.257 e. The Labute approximate surface area is 190 Å². The van der Waals surface area contributed by atoms with Gasteiger partial charge in [0.25, 0.3) is 5.91 Å². The Bertz CT molecular complexity index is 1070. The van der Waals surface area contributed by atoms with Crippen LogP contribution in [0.2, 0.25) is 5.02 Å². The molecule has 1 aromatic carbocycles. The van der Waals surface area contributed by atoms with Crippen LogP contribution in [0.1, 0.15) is 46.7 Å². The number of thiophene rings is 1. The molecule has 0 saturated heterocycles. The molecule has 2 amide bonds. The molecule has 0 bridgehead atoms. The molecule has 2 aromatic heterocycles. The van der Waals surface area contributed by atoms with Crippen molar-refractivity contribution in [2.75, 3.05) is 13.1 Å². The van der Waals surface area contributed by atoms with Gasteiger partial charge in [0.1, 0.15) is 17.0 Å². The zero-order chi connectivity index (χ0) is 21.8. The van der Waals surface area contributed by atoms with E-state index in [1.165, 1.54) is 17.7 Å². The average molecular weight is 458 g/mol. The lowest BCUT2D eigenvalue weighted by Gasteiger charge is -2.28. The summed E-state index contributed by atoms with van der Waals surface area (Å²) in [6, 6.07) is 11.3. The SMILES string of the molecule is Cc1onc(-c2ccccc2Cl)c1C(=O)NCC(=O)NCC1(c2cccs2)CCCC1. The fourth-order valence-corrected chi connectivity index (χ4v) is 5.41. The Morgan fingerprint density at radius 3 is 2.65 bits per heavy atom. The maximum Gasteiger partial charge on any atom is 0.257 e. The van der Waals surface area contributed by atoms with Gasteiger partial charge >= 0.3 is 0 Å². The molecule has 2 N–H and O–H groups in total. The molecule has 1 fully saturated rings.